The third-order valence-electron chi connectivity index (χ3n) is 4.34. The van der Waals surface area contributed by atoms with Crippen LogP contribution in [0.15, 0.2) is 43.0 Å². The first kappa shape index (κ1) is 14.8. The van der Waals surface area contributed by atoms with E-state index in [9.17, 15) is 0 Å². The Balaban J connectivity index is 1.52. The number of ether oxygens (including phenoxy) is 3. The van der Waals surface area contributed by atoms with Gasteiger partial charge in [0.1, 0.15) is 6.10 Å². The Morgan fingerprint density at radius 3 is 2.90 bits per heavy atom. The molecule has 3 heteroatoms. The molecule has 0 spiro atoms. The molecule has 0 radical (unpaired) electrons. The van der Waals surface area contributed by atoms with E-state index in [4.69, 9.17) is 14.2 Å². The molecule has 0 amide bonds. The molecule has 2 aliphatic rings. The normalized spacial score (nSPS) is 32.4. The maximum Gasteiger partial charge on any atom is 0.102 e. The van der Waals surface area contributed by atoms with Crippen LogP contribution in [-0.2, 0) is 20.6 Å². The maximum atomic E-state index is 6.09. The van der Waals surface area contributed by atoms with Crippen molar-refractivity contribution in [3.8, 4) is 0 Å². The lowest BCUT2D eigenvalue weighted by molar-refractivity contribution is -0.199. The standard InChI is InChI=1S/C18H24O3/c1-2-15-17(13-18-16(21-15)9-6-11-19-18)20-12-10-14-7-4-3-5-8-14/h2-5,7-8,15-18H,1,6,9-13H2/t15-,16+,17+,18-/m1/s1. The van der Waals surface area contributed by atoms with Gasteiger partial charge in [0, 0.05) is 13.0 Å². The van der Waals surface area contributed by atoms with Gasteiger partial charge in [-0.05, 0) is 24.8 Å². The molecule has 2 heterocycles. The minimum atomic E-state index is -0.0104. The lowest BCUT2D eigenvalue weighted by atomic mass is 9.93. The number of rotatable bonds is 5. The lowest BCUT2D eigenvalue weighted by Gasteiger charge is -2.42. The van der Waals surface area contributed by atoms with Gasteiger partial charge in [-0.15, -0.1) is 6.58 Å². The molecule has 0 aliphatic carbocycles. The molecule has 1 aromatic rings. The van der Waals surface area contributed by atoms with Gasteiger partial charge in [-0.1, -0.05) is 36.4 Å². The largest absolute Gasteiger partial charge is 0.375 e. The van der Waals surface area contributed by atoms with Gasteiger partial charge in [0.05, 0.1) is 24.9 Å². The Morgan fingerprint density at radius 1 is 1.24 bits per heavy atom. The van der Waals surface area contributed by atoms with E-state index >= 15 is 0 Å². The second kappa shape index (κ2) is 7.21. The Bertz CT molecular complexity index is 445. The number of hydrogen-bond acceptors (Lipinski definition) is 3. The molecule has 0 aromatic heterocycles. The van der Waals surface area contributed by atoms with Crippen molar-refractivity contribution >= 4 is 0 Å². The molecule has 3 rings (SSSR count). The highest BCUT2D eigenvalue weighted by Crippen LogP contribution is 2.30. The van der Waals surface area contributed by atoms with Crippen molar-refractivity contribution in [3.63, 3.8) is 0 Å². The highest BCUT2D eigenvalue weighted by molar-refractivity contribution is 5.14. The van der Waals surface area contributed by atoms with Crippen LogP contribution in [0, 0.1) is 0 Å². The highest BCUT2D eigenvalue weighted by Gasteiger charge is 2.39. The van der Waals surface area contributed by atoms with Crippen molar-refractivity contribution in [2.45, 2.75) is 50.1 Å². The van der Waals surface area contributed by atoms with Gasteiger partial charge < -0.3 is 14.2 Å². The van der Waals surface area contributed by atoms with Crippen LogP contribution >= 0.6 is 0 Å². The zero-order chi connectivity index (χ0) is 14.5. The van der Waals surface area contributed by atoms with Crippen molar-refractivity contribution in [1.82, 2.24) is 0 Å². The Hall–Kier alpha value is -1.16. The van der Waals surface area contributed by atoms with E-state index in [0.717, 1.165) is 32.3 Å². The van der Waals surface area contributed by atoms with Crippen molar-refractivity contribution in [1.29, 1.82) is 0 Å². The van der Waals surface area contributed by atoms with E-state index in [1.807, 2.05) is 12.1 Å². The first-order valence-corrected chi connectivity index (χ1v) is 7.92. The van der Waals surface area contributed by atoms with Gasteiger partial charge in [0.2, 0.25) is 0 Å². The third kappa shape index (κ3) is 3.73. The highest BCUT2D eigenvalue weighted by atomic mass is 16.6. The van der Waals surface area contributed by atoms with Crippen molar-refractivity contribution in [3.05, 3.63) is 48.6 Å². The van der Waals surface area contributed by atoms with E-state index in [1.54, 1.807) is 0 Å². The predicted molar refractivity (Wildman–Crippen MR) is 82.3 cm³/mol. The topological polar surface area (TPSA) is 27.7 Å². The van der Waals surface area contributed by atoms with Crippen molar-refractivity contribution < 1.29 is 14.2 Å². The fourth-order valence-corrected chi connectivity index (χ4v) is 3.18. The molecule has 4 atom stereocenters. The SMILES string of the molecule is C=C[C@H]1O[C@H]2CCCO[C@@H]2C[C@@H]1OCCc1ccccc1. The predicted octanol–water partition coefficient (Wildman–Crippen LogP) is 3.14. The summed E-state index contributed by atoms with van der Waals surface area (Å²) in [4.78, 5) is 0. The minimum Gasteiger partial charge on any atom is -0.375 e. The average Bonchev–Trinajstić information content (AvgIpc) is 2.55. The van der Waals surface area contributed by atoms with Crippen LogP contribution in [-0.4, -0.2) is 37.6 Å². The molecule has 0 N–H and O–H groups in total. The van der Waals surface area contributed by atoms with Crippen LogP contribution in [0.3, 0.4) is 0 Å². The molecule has 0 saturated carbocycles. The summed E-state index contributed by atoms with van der Waals surface area (Å²) in [5.74, 6) is 0. The summed E-state index contributed by atoms with van der Waals surface area (Å²) in [6.07, 6.45) is 6.35. The zero-order valence-corrected chi connectivity index (χ0v) is 12.4. The second-order valence-corrected chi connectivity index (χ2v) is 5.81. The molecule has 2 fully saturated rings. The smallest absolute Gasteiger partial charge is 0.102 e. The Kier molecular flexibility index (Phi) is 5.07. The molecular weight excluding hydrogens is 264 g/mol. The van der Waals surface area contributed by atoms with E-state index in [0.29, 0.717) is 6.61 Å². The number of benzene rings is 1. The van der Waals surface area contributed by atoms with Crippen LogP contribution < -0.4 is 0 Å². The number of fused-ring (bicyclic) bond motifs is 1. The monoisotopic (exact) mass is 288 g/mol. The quantitative estimate of drug-likeness (QED) is 0.779. The van der Waals surface area contributed by atoms with Crippen LogP contribution in [0.2, 0.25) is 0 Å². The summed E-state index contributed by atoms with van der Waals surface area (Å²) in [5.41, 5.74) is 1.30. The van der Waals surface area contributed by atoms with Crippen molar-refractivity contribution in [2.24, 2.45) is 0 Å². The van der Waals surface area contributed by atoms with Gasteiger partial charge in [-0.2, -0.15) is 0 Å². The Morgan fingerprint density at radius 2 is 2.10 bits per heavy atom. The summed E-state index contributed by atoms with van der Waals surface area (Å²) >= 11 is 0. The van der Waals surface area contributed by atoms with Crippen LogP contribution in [0.25, 0.3) is 0 Å². The number of hydrogen-bond donors (Lipinski definition) is 0. The van der Waals surface area contributed by atoms with Crippen LogP contribution in [0.5, 0.6) is 0 Å². The molecule has 1 aromatic carbocycles. The molecule has 3 nitrogen and oxygen atoms in total. The molecule has 114 valence electrons. The van der Waals surface area contributed by atoms with E-state index in [-0.39, 0.29) is 24.4 Å². The molecule has 2 saturated heterocycles. The Labute approximate surface area is 126 Å². The maximum absolute atomic E-state index is 6.09. The van der Waals surface area contributed by atoms with E-state index in [2.05, 4.69) is 30.8 Å². The van der Waals surface area contributed by atoms with Crippen LogP contribution in [0.1, 0.15) is 24.8 Å². The van der Waals surface area contributed by atoms with Gasteiger partial charge in [-0.25, -0.2) is 0 Å². The van der Waals surface area contributed by atoms with Gasteiger partial charge in [0.25, 0.3) is 0 Å². The molecule has 0 bridgehead atoms. The summed E-state index contributed by atoms with van der Waals surface area (Å²) < 4.78 is 18.0. The van der Waals surface area contributed by atoms with Crippen LogP contribution in [0.4, 0.5) is 0 Å². The average molecular weight is 288 g/mol. The lowest BCUT2D eigenvalue weighted by Crippen LogP contribution is -2.50. The summed E-state index contributed by atoms with van der Waals surface area (Å²) in [6.45, 7) is 5.45. The third-order valence-corrected chi connectivity index (χ3v) is 4.34. The van der Waals surface area contributed by atoms with Gasteiger partial charge in [-0.3, -0.25) is 0 Å². The summed E-state index contributed by atoms with van der Waals surface area (Å²) in [5, 5.41) is 0. The first-order chi connectivity index (χ1) is 10.4. The second-order valence-electron chi connectivity index (χ2n) is 5.81. The van der Waals surface area contributed by atoms with Gasteiger partial charge in [0.15, 0.2) is 0 Å². The fourth-order valence-electron chi connectivity index (χ4n) is 3.18. The minimum absolute atomic E-state index is 0.0104. The van der Waals surface area contributed by atoms with Crippen molar-refractivity contribution in [2.75, 3.05) is 13.2 Å². The molecular formula is C18H24O3. The fraction of sp³-hybridized carbons (Fsp3) is 0.556. The first-order valence-electron chi connectivity index (χ1n) is 7.92. The molecule has 21 heavy (non-hydrogen) atoms. The summed E-state index contributed by atoms with van der Waals surface area (Å²) in [6, 6.07) is 10.4. The van der Waals surface area contributed by atoms with E-state index < -0.39 is 0 Å². The zero-order valence-electron chi connectivity index (χ0n) is 12.4. The summed E-state index contributed by atoms with van der Waals surface area (Å²) in [7, 11) is 0. The molecule has 2 aliphatic heterocycles. The molecule has 0 unspecified atom stereocenters. The van der Waals surface area contributed by atoms with Gasteiger partial charge >= 0.3 is 0 Å². The van der Waals surface area contributed by atoms with E-state index in [1.165, 1.54) is 5.56 Å².